The third kappa shape index (κ3) is 2.67. The first-order valence-electron chi connectivity index (χ1n) is 5.29. The van der Waals surface area contributed by atoms with Crippen LogP contribution in [0, 0.1) is 0 Å². The Balaban J connectivity index is 2.21. The Hall–Kier alpha value is -0.920. The molecule has 2 heterocycles. The van der Waals surface area contributed by atoms with Crippen LogP contribution in [0.1, 0.15) is 17.7 Å². The van der Waals surface area contributed by atoms with Crippen LogP contribution in [0.2, 0.25) is 0 Å². The average molecular weight is 274 g/mol. The minimum Gasteiger partial charge on any atom is -0.550 e. The molecule has 0 N–H and O–H groups in total. The zero-order valence-corrected chi connectivity index (χ0v) is 10.7. The van der Waals surface area contributed by atoms with Gasteiger partial charge in [0.05, 0.1) is 0 Å². The smallest absolute Gasteiger partial charge is 0.252 e. The molecular formula is C10H12NO4S2-. The van der Waals surface area contributed by atoms with Gasteiger partial charge < -0.3 is 9.90 Å². The fraction of sp³-hybridized carbons (Fsp3) is 0.500. The number of hydrogen-bond acceptors (Lipinski definition) is 5. The summed E-state index contributed by atoms with van der Waals surface area (Å²) in [6.07, 6.45) is 1.53. The zero-order chi connectivity index (χ0) is 12.5. The van der Waals surface area contributed by atoms with Gasteiger partial charge in [-0.2, -0.15) is 4.31 Å². The predicted molar refractivity (Wildman–Crippen MR) is 61.0 cm³/mol. The fourth-order valence-corrected chi connectivity index (χ4v) is 4.80. The monoisotopic (exact) mass is 274 g/mol. The standard InChI is InChI=1S/C10H13NO4S2/c12-9(13)7-8-3-4-10(16-8)17(14,15)11-5-1-2-6-11/h3-4H,1-2,5-7H2,(H,12,13)/p-1. The number of nitrogens with zero attached hydrogens (tertiary/aromatic N) is 1. The Bertz CT molecular complexity index is 514. The Morgan fingerprint density at radius 3 is 2.59 bits per heavy atom. The van der Waals surface area contributed by atoms with Crippen molar-refractivity contribution in [2.75, 3.05) is 13.1 Å². The molecule has 1 aliphatic heterocycles. The van der Waals surface area contributed by atoms with Crippen molar-refractivity contribution < 1.29 is 18.3 Å². The topological polar surface area (TPSA) is 77.5 Å². The number of carbonyl (C=O) groups excluding carboxylic acids is 1. The first-order chi connectivity index (χ1) is 8.00. The summed E-state index contributed by atoms with van der Waals surface area (Å²) in [5, 5.41) is 10.4. The maximum atomic E-state index is 12.1. The highest BCUT2D eigenvalue weighted by molar-refractivity contribution is 7.91. The van der Waals surface area contributed by atoms with E-state index in [1.807, 2.05) is 0 Å². The molecule has 0 aliphatic carbocycles. The quantitative estimate of drug-likeness (QED) is 0.763. The van der Waals surface area contributed by atoms with E-state index in [0.717, 1.165) is 24.2 Å². The van der Waals surface area contributed by atoms with Crippen LogP contribution in [0.5, 0.6) is 0 Å². The van der Waals surface area contributed by atoms with Crippen LogP contribution in [-0.2, 0) is 21.2 Å². The van der Waals surface area contributed by atoms with Crippen LogP contribution in [0.3, 0.4) is 0 Å². The summed E-state index contributed by atoms with van der Waals surface area (Å²) in [7, 11) is -3.42. The summed E-state index contributed by atoms with van der Waals surface area (Å²) in [5.74, 6) is -1.20. The number of sulfonamides is 1. The van der Waals surface area contributed by atoms with Gasteiger partial charge in [0.1, 0.15) is 4.21 Å². The van der Waals surface area contributed by atoms with Gasteiger partial charge in [0.25, 0.3) is 10.0 Å². The van der Waals surface area contributed by atoms with Crippen molar-refractivity contribution in [3.05, 3.63) is 17.0 Å². The number of rotatable bonds is 4. The number of carboxylic acids is 1. The van der Waals surface area contributed by atoms with E-state index in [2.05, 4.69) is 0 Å². The molecule has 5 nitrogen and oxygen atoms in total. The number of aliphatic carboxylic acids is 1. The number of carbonyl (C=O) groups is 1. The summed E-state index contributed by atoms with van der Waals surface area (Å²) in [6, 6.07) is 3.00. The third-order valence-corrected chi connectivity index (χ3v) is 6.07. The molecule has 0 bridgehead atoms. The second-order valence-electron chi connectivity index (χ2n) is 3.88. The third-order valence-electron chi connectivity index (χ3n) is 2.61. The Kier molecular flexibility index (Phi) is 3.50. The van der Waals surface area contributed by atoms with Crippen LogP contribution in [0.15, 0.2) is 16.3 Å². The van der Waals surface area contributed by atoms with Gasteiger partial charge in [0, 0.05) is 30.4 Å². The summed E-state index contributed by atoms with van der Waals surface area (Å²) in [5.41, 5.74) is 0. The van der Waals surface area contributed by atoms with E-state index >= 15 is 0 Å². The van der Waals surface area contributed by atoms with Gasteiger partial charge in [0.15, 0.2) is 0 Å². The van der Waals surface area contributed by atoms with Gasteiger partial charge >= 0.3 is 0 Å². The lowest BCUT2D eigenvalue weighted by atomic mass is 10.3. The lowest BCUT2D eigenvalue weighted by Crippen LogP contribution is -2.27. The molecular weight excluding hydrogens is 262 g/mol. The molecule has 0 radical (unpaired) electrons. The minimum atomic E-state index is -3.42. The molecule has 1 fully saturated rings. The lowest BCUT2D eigenvalue weighted by molar-refractivity contribution is -0.304. The van der Waals surface area contributed by atoms with Crippen molar-refractivity contribution in [3.63, 3.8) is 0 Å². The highest BCUT2D eigenvalue weighted by atomic mass is 32.2. The van der Waals surface area contributed by atoms with Crippen molar-refractivity contribution in [1.29, 1.82) is 0 Å². The molecule has 1 aromatic heterocycles. The second-order valence-corrected chi connectivity index (χ2v) is 7.21. The van der Waals surface area contributed by atoms with Crippen molar-refractivity contribution in [2.24, 2.45) is 0 Å². The molecule has 1 saturated heterocycles. The zero-order valence-electron chi connectivity index (χ0n) is 9.09. The van der Waals surface area contributed by atoms with Crippen LogP contribution < -0.4 is 5.11 Å². The Morgan fingerprint density at radius 2 is 2.00 bits per heavy atom. The van der Waals surface area contributed by atoms with E-state index in [-0.39, 0.29) is 10.6 Å². The van der Waals surface area contributed by atoms with Gasteiger partial charge in [-0.15, -0.1) is 11.3 Å². The fourth-order valence-electron chi connectivity index (χ4n) is 1.79. The number of carboxylic acid groups (broad SMARTS) is 1. The summed E-state index contributed by atoms with van der Waals surface area (Å²) in [4.78, 5) is 10.9. The first-order valence-corrected chi connectivity index (χ1v) is 7.54. The maximum Gasteiger partial charge on any atom is 0.252 e. The Morgan fingerprint density at radius 1 is 1.35 bits per heavy atom. The number of hydrogen-bond donors (Lipinski definition) is 0. The van der Waals surface area contributed by atoms with Crippen molar-refractivity contribution in [1.82, 2.24) is 4.31 Å². The number of thiophene rings is 1. The van der Waals surface area contributed by atoms with Gasteiger partial charge in [-0.3, -0.25) is 0 Å². The highest BCUT2D eigenvalue weighted by Gasteiger charge is 2.28. The molecule has 7 heteroatoms. The molecule has 0 aromatic carbocycles. The first kappa shape index (κ1) is 12.5. The van der Waals surface area contributed by atoms with E-state index in [9.17, 15) is 18.3 Å². The van der Waals surface area contributed by atoms with E-state index in [0.29, 0.717) is 18.0 Å². The molecule has 2 rings (SSSR count). The van der Waals surface area contributed by atoms with Crippen molar-refractivity contribution >= 4 is 27.3 Å². The summed E-state index contributed by atoms with van der Waals surface area (Å²) in [6.45, 7) is 1.10. The molecule has 0 amide bonds. The van der Waals surface area contributed by atoms with Crippen LogP contribution in [0.25, 0.3) is 0 Å². The lowest BCUT2D eigenvalue weighted by Gasteiger charge is -2.13. The predicted octanol–water partition coefficient (Wildman–Crippen LogP) is -0.175. The SMILES string of the molecule is O=C([O-])Cc1ccc(S(=O)(=O)N2CCCC2)s1. The van der Waals surface area contributed by atoms with E-state index in [4.69, 9.17) is 0 Å². The molecule has 0 atom stereocenters. The largest absolute Gasteiger partial charge is 0.550 e. The highest BCUT2D eigenvalue weighted by Crippen LogP contribution is 2.27. The van der Waals surface area contributed by atoms with Crippen molar-refractivity contribution in [3.8, 4) is 0 Å². The van der Waals surface area contributed by atoms with Gasteiger partial charge in [0.2, 0.25) is 0 Å². The maximum absolute atomic E-state index is 12.1. The van der Waals surface area contributed by atoms with Crippen LogP contribution >= 0.6 is 11.3 Å². The van der Waals surface area contributed by atoms with E-state index < -0.39 is 16.0 Å². The molecule has 17 heavy (non-hydrogen) atoms. The molecule has 0 unspecified atom stereocenters. The molecule has 1 aliphatic rings. The molecule has 0 spiro atoms. The van der Waals surface area contributed by atoms with Gasteiger partial charge in [-0.1, -0.05) is 0 Å². The molecule has 1 aromatic rings. The van der Waals surface area contributed by atoms with E-state index in [1.54, 1.807) is 0 Å². The average Bonchev–Trinajstić information content (AvgIpc) is 2.85. The summed E-state index contributed by atoms with van der Waals surface area (Å²) >= 11 is 1.00. The Labute approximate surface area is 104 Å². The van der Waals surface area contributed by atoms with Gasteiger partial charge in [-0.25, -0.2) is 8.42 Å². The molecule has 94 valence electrons. The second kappa shape index (κ2) is 4.75. The van der Waals surface area contributed by atoms with Crippen molar-refractivity contribution in [2.45, 2.75) is 23.5 Å². The molecule has 0 saturated carbocycles. The van der Waals surface area contributed by atoms with E-state index in [1.165, 1.54) is 16.4 Å². The minimum absolute atomic E-state index is 0.218. The van der Waals surface area contributed by atoms with Crippen LogP contribution in [0.4, 0.5) is 0 Å². The summed E-state index contributed by atoms with van der Waals surface area (Å²) < 4.78 is 25.9. The van der Waals surface area contributed by atoms with Crippen LogP contribution in [-0.4, -0.2) is 31.8 Å². The normalized spacial score (nSPS) is 17.4. The van der Waals surface area contributed by atoms with Gasteiger partial charge in [-0.05, 0) is 25.0 Å².